The van der Waals surface area contributed by atoms with E-state index in [-0.39, 0.29) is 17.8 Å². The van der Waals surface area contributed by atoms with Crippen LogP contribution in [0.15, 0.2) is 18.2 Å². The highest BCUT2D eigenvalue weighted by Gasteiger charge is 2.45. The van der Waals surface area contributed by atoms with Crippen LogP contribution in [0.1, 0.15) is 68.4 Å². The number of carbonyl (C=O) groups is 1. The second-order valence-electron chi connectivity index (χ2n) is 8.43. The zero-order valence-corrected chi connectivity index (χ0v) is 15.1. The number of carbonyl (C=O) groups excluding carboxylic acids is 1. The van der Waals surface area contributed by atoms with Crippen LogP contribution < -0.4 is 5.73 Å². The summed E-state index contributed by atoms with van der Waals surface area (Å²) in [5.74, 6) is 0.815. The molecule has 3 nitrogen and oxygen atoms in total. The zero-order chi connectivity index (χ0) is 17.6. The summed E-state index contributed by atoms with van der Waals surface area (Å²) >= 11 is 0. The molecule has 2 heterocycles. The van der Waals surface area contributed by atoms with Gasteiger partial charge in [-0.15, -0.1) is 0 Å². The minimum absolute atomic E-state index is 0.132. The predicted molar refractivity (Wildman–Crippen MR) is 96.7 cm³/mol. The van der Waals surface area contributed by atoms with E-state index in [1.807, 2.05) is 19.1 Å². The van der Waals surface area contributed by atoms with Crippen LogP contribution >= 0.6 is 0 Å². The van der Waals surface area contributed by atoms with Crippen LogP contribution in [0.4, 0.5) is 4.39 Å². The summed E-state index contributed by atoms with van der Waals surface area (Å²) in [6, 6.07) is 6.44. The zero-order valence-electron chi connectivity index (χ0n) is 15.1. The smallest absolute Gasteiger partial charge is 0.226 e. The number of benzene rings is 1. The van der Waals surface area contributed by atoms with Crippen molar-refractivity contribution in [3.8, 4) is 0 Å². The number of nitrogens with two attached hydrogens (primary N) is 1. The Labute approximate surface area is 149 Å². The molecule has 3 aliphatic rings. The second kappa shape index (κ2) is 6.71. The Morgan fingerprint density at radius 2 is 1.84 bits per heavy atom. The van der Waals surface area contributed by atoms with Gasteiger partial charge < -0.3 is 10.6 Å². The Hall–Kier alpha value is -1.42. The first kappa shape index (κ1) is 17.0. The third-order valence-electron chi connectivity index (χ3n) is 6.70. The Balaban J connectivity index is 1.48. The molecule has 25 heavy (non-hydrogen) atoms. The first-order chi connectivity index (χ1) is 12.0. The molecule has 1 aromatic rings. The van der Waals surface area contributed by atoms with E-state index in [2.05, 4.69) is 4.90 Å². The first-order valence-electron chi connectivity index (χ1n) is 9.86. The average molecular weight is 344 g/mol. The highest BCUT2D eigenvalue weighted by atomic mass is 19.1. The van der Waals surface area contributed by atoms with Crippen molar-refractivity contribution >= 4 is 5.91 Å². The molecule has 1 unspecified atom stereocenters. The van der Waals surface area contributed by atoms with Crippen LogP contribution in [0, 0.1) is 18.7 Å². The maximum Gasteiger partial charge on any atom is 0.226 e. The molecule has 0 spiro atoms. The van der Waals surface area contributed by atoms with Crippen molar-refractivity contribution < 1.29 is 9.18 Å². The molecule has 1 saturated carbocycles. The fourth-order valence-corrected chi connectivity index (χ4v) is 5.39. The third-order valence-corrected chi connectivity index (χ3v) is 6.70. The van der Waals surface area contributed by atoms with E-state index in [0.717, 1.165) is 56.9 Å². The van der Waals surface area contributed by atoms with Gasteiger partial charge in [-0.1, -0.05) is 18.6 Å². The maximum absolute atomic E-state index is 13.6. The van der Waals surface area contributed by atoms with E-state index in [4.69, 9.17) is 5.73 Å². The quantitative estimate of drug-likeness (QED) is 0.885. The lowest BCUT2D eigenvalue weighted by Gasteiger charge is -2.42. The third kappa shape index (κ3) is 3.21. The summed E-state index contributed by atoms with van der Waals surface area (Å²) < 4.78 is 13.6. The number of nitrogens with zero attached hydrogens (tertiary/aromatic N) is 1. The molecular weight excluding hydrogens is 315 g/mol. The molecule has 0 aromatic heterocycles. The number of hydrogen-bond acceptors (Lipinski definition) is 2. The second-order valence-corrected chi connectivity index (χ2v) is 8.43. The lowest BCUT2D eigenvalue weighted by atomic mass is 9.81. The standard InChI is InChI=1S/C21H29FN2O/c1-13-9-14(5-8-20(13)22)16-11-18-6-7-19(12-16)24(18)21(25)15-3-2-4-17(23)10-15/h5,8-9,15-19H,2-4,6-7,10-12,23H2,1H3/t15-,16?,17+,18-,19+/m0/s1. The topological polar surface area (TPSA) is 46.3 Å². The monoisotopic (exact) mass is 344 g/mol. The van der Waals surface area contributed by atoms with Gasteiger partial charge in [0.05, 0.1) is 0 Å². The van der Waals surface area contributed by atoms with Gasteiger partial charge in [0.15, 0.2) is 0 Å². The molecule has 1 aromatic carbocycles. The summed E-state index contributed by atoms with van der Waals surface area (Å²) in [6.45, 7) is 1.83. The number of aryl methyl sites for hydroxylation is 1. The van der Waals surface area contributed by atoms with Gasteiger partial charge in [0.2, 0.25) is 5.91 Å². The minimum Gasteiger partial charge on any atom is -0.336 e. The van der Waals surface area contributed by atoms with Crippen molar-refractivity contribution in [3.05, 3.63) is 35.1 Å². The van der Waals surface area contributed by atoms with E-state index in [1.54, 1.807) is 6.07 Å². The van der Waals surface area contributed by atoms with Gasteiger partial charge in [-0.05, 0) is 75.0 Å². The van der Waals surface area contributed by atoms with E-state index in [1.165, 1.54) is 5.56 Å². The number of fused-ring (bicyclic) bond motifs is 2. The number of piperidine rings is 1. The van der Waals surface area contributed by atoms with Crippen LogP contribution in [-0.4, -0.2) is 28.9 Å². The molecule has 1 amide bonds. The average Bonchev–Trinajstić information content (AvgIpc) is 2.86. The Morgan fingerprint density at radius 1 is 1.12 bits per heavy atom. The van der Waals surface area contributed by atoms with Gasteiger partial charge in [0, 0.05) is 24.0 Å². The number of halogens is 1. The van der Waals surface area contributed by atoms with Crippen molar-refractivity contribution in [2.24, 2.45) is 11.7 Å². The largest absolute Gasteiger partial charge is 0.336 e. The highest BCUT2D eigenvalue weighted by Crippen LogP contribution is 2.44. The number of rotatable bonds is 2. The molecule has 4 rings (SSSR count). The van der Waals surface area contributed by atoms with Crippen molar-refractivity contribution in [2.45, 2.75) is 82.3 Å². The normalized spacial score (nSPS) is 35.0. The van der Waals surface area contributed by atoms with Gasteiger partial charge in [0.25, 0.3) is 0 Å². The summed E-state index contributed by atoms with van der Waals surface area (Å²) in [5.41, 5.74) is 8.06. The van der Waals surface area contributed by atoms with E-state index >= 15 is 0 Å². The van der Waals surface area contributed by atoms with Crippen molar-refractivity contribution in [2.75, 3.05) is 0 Å². The molecule has 4 heteroatoms. The number of amides is 1. The highest BCUT2D eigenvalue weighted by molar-refractivity contribution is 5.80. The molecule has 5 atom stereocenters. The summed E-state index contributed by atoms with van der Waals surface area (Å²) in [6.07, 6.45) is 8.27. The van der Waals surface area contributed by atoms with Crippen LogP contribution in [0.25, 0.3) is 0 Å². The van der Waals surface area contributed by atoms with Crippen LogP contribution in [-0.2, 0) is 4.79 Å². The lowest BCUT2D eigenvalue weighted by Crippen LogP contribution is -2.49. The Kier molecular flexibility index (Phi) is 4.57. The Morgan fingerprint density at radius 3 is 2.48 bits per heavy atom. The summed E-state index contributed by atoms with van der Waals surface area (Å²) in [4.78, 5) is 15.3. The van der Waals surface area contributed by atoms with Gasteiger partial charge in [-0.25, -0.2) is 4.39 Å². The van der Waals surface area contributed by atoms with Gasteiger partial charge in [0.1, 0.15) is 5.82 Å². The molecule has 2 N–H and O–H groups in total. The van der Waals surface area contributed by atoms with Crippen LogP contribution in [0.2, 0.25) is 0 Å². The van der Waals surface area contributed by atoms with Crippen molar-refractivity contribution in [3.63, 3.8) is 0 Å². The SMILES string of the molecule is Cc1cc(C2C[C@H]3CC[C@@H](C2)N3C(=O)[C@H]2CCC[C@@H](N)C2)ccc1F. The van der Waals surface area contributed by atoms with Crippen molar-refractivity contribution in [1.82, 2.24) is 4.90 Å². The minimum atomic E-state index is -0.132. The van der Waals surface area contributed by atoms with Gasteiger partial charge in [-0.3, -0.25) is 4.79 Å². The number of hydrogen-bond donors (Lipinski definition) is 1. The molecule has 2 aliphatic heterocycles. The fourth-order valence-electron chi connectivity index (χ4n) is 5.39. The molecule has 1 aliphatic carbocycles. The van der Waals surface area contributed by atoms with Crippen LogP contribution in [0.3, 0.4) is 0 Å². The van der Waals surface area contributed by atoms with Crippen molar-refractivity contribution in [1.29, 1.82) is 0 Å². The van der Waals surface area contributed by atoms with E-state index < -0.39 is 0 Å². The molecule has 2 saturated heterocycles. The molecule has 3 fully saturated rings. The maximum atomic E-state index is 13.6. The fraction of sp³-hybridized carbons (Fsp3) is 0.667. The molecule has 2 bridgehead atoms. The summed E-state index contributed by atoms with van der Waals surface area (Å²) in [7, 11) is 0. The lowest BCUT2D eigenvalue weighted by molar-refractivity contribution is -0.141. The van der Waals surface area contributed by atoms with E-state index in [0.29, 0.717) is 23.9 Å². The van der Waals surface area contributed by atoms with Crippen LogP contribution in [0.5, 0.6) is 0 Å². The molecule has 0 radical (unpaired) electrons. The Bertz CT molecular complexity index is 647. The predicted octanol–water partition coefficient (Wildman–Crippen LogP) is 3.89. The first-order valence-corrected chi connectivity index (χ1v) is 9.86. The van der Waals surface area contributed by atoms with E-state index in [9.17, 15) is 9.18 Å². The van der Waals surface area contributed by atoms with Gasteiger partial charge >= 0.3 is 0 Å². The molecule has 136 valence electrons. The van der Waals surface area contributed by atoms with Gasteiger partial charge in [-0.2, -0.15) is 0 Å². The summed E-state index contributed by atoms with van der Waals surface area (Å²) in [5, 5.41) is 0. The molecular formula is C21H29FN2O.